The first kappa shape index (κ1) is 15.3. The van der Waals surface area contributed by atoms with Crippen molar-refractivity contribution in [2.75, 3.05) is 18.0 Å². The van der Waals surface area contributed by atoms with Gasteiger partial charge in [-0.3, -0.25) is 4.79 Å². The predicted molar refractivity (Wildman–Crippen MR) is 89.5 cm³/mol. The maximum atomic E-state index is 12.2. The molecule has 1 aromatic heterocycles. The van der Waals surface area contributed by atoms with E-state index in [4.69, 9.17) is 17.3 Å². The van der Waals surface area contributed by atoms with Gasteiger partial charge in [0.05, 0.1) is 0 Å². The largest absolute Gasteiger partial charge is 0.369 e. The van der Waals surface area contributed by atoms with Crippen LogP contribution in [0.2, 0.25) is 5.02 Å². The fraction of sp³-hybridized carbons (Fsp3) is 0.333. The first-order chi connectivity index (χ1) is 10.7. The van der Waals surface area contributed by atoms with Crippen LogP contribution >= 0.6 is 22.9 Å². The number of carbonyl (C=O) groups is 1. The molecule has 1 atom stereocenters. The number of nitrogens with two attached hydrogens (primary N) is 1. The minimum absolute atomic E-state index is 0.120. The van der Waals surface area contributed by atoms with Crippen LogP contribution in [0.25, 0.3) is 0 Å². The third kappa shape index (κ3) is 3.40. The summed E-state index contributed by atoms with van der Waals surface area (Å²) in [6, 6.07) is 7.89. The maximum Gasteiger partial charge on any atom is 0.271 e. The number of nitrogens with zero attached hydrogens (tertiary/aromatic N) is 2. The van der Waals surface area contributed by atoms with Crippen LogP contribution in [0.5, 0.6) is 0 Å². The van der Waals surface area contributed by atoms with Gasteiger partial charge >= 0.3 is 0 Å². The number of carbonyl (C=O) groups excluding carboxylic acids is 1. The lowest BCUT2D eigenvalue weighted by Gasteiger charge is -2.19. The molecule has 0 saturated carbocycles. The molecule has 0 spiro atoms. The first-order valence-corrected chi connectivity index (χ1v) is 8.37. The fourth-order valence-corrected chi connectivity index (χ4v) is 3.39. The Morgan fingerprint density at radius 2 is 2.41 bits per heavy atom. The summed E-state index contributed by atoms with van der Waals surface area (Å²) < 4.78 is 0. The molecule has 1 saturated heterocycles. The van der Waals surface area contributed by atoms with Crippen LogP contribution < -0.4 is 16.0 Å². The van der Waals surface area contributed by atoms with E-state index in [0.717, 1.165) is 35.2 Å². The lowest BCUT2D eigenvalue weighted by atomic mass is 10.2. The van der Waals surface area contributed by atoms with Crippen molar-refractivity contribution >= 4 is 34.5 Å². The molecule has 5 nitrogen and oxygen atoms in total. The highest BCUT2D eigenvalue weighted by Gasteiger charge is 2.25. The average molecular weight is 337 g/mol. The summed E-state index contributed by atoms with van der Waals surface area (Å²) >= 11 is 7.44. The lowest BCUT2D eigenvalue weighted by Crippen LogP contribution is -2.37. The summed E-state index contributed by atoms with van der Waals surface area (Å²) in [6.45, 7) is 2.04. The van der Waals surface area contributed by atoms with E-state index in [1.165, 1.54) is 11.3 Å². The average Bonchev–Trinajstić information content (AvgIpc) is 3.16. The third-order valence-corrected chi connectivity index (χ3v) is 4.76. The van der Waals surface area contributed by atoms with Crippen molar-refractivity contribution < 1.29 is 4.79 Å². The highest BCUT2D eigenvalue weighted by molar-refractivity contribution is 7.09. The summed E-state index contributed by atoms with van der Waals surface area (Å²) in [5.41, 5.74) is 7.06. The summed E-state index contributed by atoms with van der Waals surface area (Å²) in [5, 5.41) is 6.29. The van der Waals surface area contributed by atoms with E-state index >= 15 is 0 Å². The van der Waals surface area contributed by atoms with Gasteiger partial charge in [0.15, 0.2) is 0 Å². The van der Waals surface area contributed by atoms with Gasteiger partial charge in [-0.25, -0.2) is 4.98 Å². The normalized spacial score (nSPS) is 17.7. The van der Waals surface area contributed by atoms with Crippen molar-refractivity contribution in [2.24, 2.45) is 5.73 Å². The molecule has 3 N–H and O–H groups in total. The van der Waals surface area contributed by atoms with E-state index in [1.54, 1.807) is 5.38 Å². The van der Waals surface area contributed by atoms with Crippen LogP contribution in [0, 0.1) is 0 Å². The second-order valence-electron chi connectivity index (χ2n) is 5.22. The van der Waals surface area contributed by atoms with Crippen LogP contribution in [0.3, 0.4) is 0 Å². The Labute approximate surface area is 138 Å². The summed E-state index contributed by atoms with van der Waals surface area (Å²) in [5.74, 6) is -0.131. The van der Waals surface area contributed by atoms with E-state index in [2.05, 4.69) is 15.2 Å². The Kier molecular flexibility index (Phi) is 4.61. The van der Waals surface area contributed by atoms with E-state index in [0.29, 0.717) is 12.2 Å². The molecular weight excluding hydrogens is 320 g/mol. The highest BCUT2D eigenvalue weighted by Crippen LogP contribution is 2.23. The Morgan fingerprint density at radius 3 is 3.14 bits per heavy atom. The number of nitrogens with one attached hydrogen (secondary N) is 1. The molecule has 1 aliphatic heterocycles. The van der Waals surface area contributed by atoms with E-state index in [-0.39, 0.29) is 11.9 Å². The van der Waals surface area contributed by atoms with Gasteiger partial charge in [-0.1, -0.05) is 17.7 Å². The number of anilines is 1. The Bertz CT molecular complexity index is 675. The summed E-state index contributed by atoms with van der Waals surface area (Å²) in [4.78, 5) is 18.6. The van der Waals surface area contributed by atoms with Gasteiger partial charge in [0, 0.05) is 41.8 Å². The maximum absolute atomic E-state index is 12.2. The molecule has 1 aromatic carbocycles. The summed E-state index contributed by atoms with van der Waals surface area (Å²) in [6.07, 6.45) is 0.909. The molecule has 1 amide bonds. The van der Waals surface area contributed by atoms with Crippen LogP contribution in [-0.4, -0.2) is 30.0 Å². The lowest BCUT2D eigenvalue weighted by molar-refractivity contribution is 0.0936. The second-order valence-corrected chi connectivity index (χ2v) is 6.59. The highest BCUT2D eigenvalue weighted by atomic mass is 35.5. The Morgan fingerprint density at radius 1 is 1.55 bits per heavy atom. The molecule has 22 heavy (non-hydrogen) atoms. The molecule has 7 heteroatoms. The number of benzene rings is 1. The molecular formula is C15H17ClN4OS. The van der Waals surface area contributed by atoms with E-state index < -0.39 is 0 Å². The number of aromatic nitrogens is 1. The Balaban J connectivity index is 1.60. The van der Waals surface area contributed by atoms with Crippen LogP contribution in [0.1, 0.15) is 21.9 Å². The number of hydrogen-bond donors (Lipinski definition) is 2. The zero-order valence-electron chi connectivity index (χ0n) is 12.0. The van der Waals surface area contributed by atoms with Crippen LogP contribution in [0.15, 0.2) is 29.6 Å². The quantitative estimate of drug-likeness (QED) is 0.898. The molecule has 0 bridgehead atoms. The van der Waals surface area contributed by atoms with Crippen molar-refractivity contribution in [3.8, 4) is 0 Å². The number of thiazole rings is 1. The second kappa shape index (κ2) is 6.64. The summed E-state index contributed by atoms with van der Waals surface area (Å²) in [7, 11) is 0. The van der Waals surface area contributed by atoms with Gasteiger partial charge in [0.1, 0.15) is 10.7 Å². The topological polar surface area (TPSA) is 71.2 Å². The van der Waals surface area contributed by atoms with E-state index in [9.17, 15) is 4.79 Å². The van der Waals surface area contributed by atoms with Gasteiger partial charge in [0.2, 0.25) is 0 Å². The molecule has 3 rings (SSSR count). The molecule has 0 aliphatic carbocycles. The number of amides is 1. The van der Waals surface area contributed by atoms with Crippen LogP contribution in [-0.2, 0) is 6.54 Å². The van der Waals surface area contributed by atoms with Crippen LogP contribution in [0.4, 0.5) is 5.69 Å². The molecule has 2 heterocycles. The Hall–Kier alpha value is -1.63. The molecule has 0 radical (unpaired) electrons. The van der Waals surface area contributed by atoms with Crippen molar-refractivity contribution in [1.29, 1.82) is 0 Å². The third-order valence-electron chi connectivity index (χ3n) is 3.66. The van der Waals surface area contributed by atoms with Gasteiger partial charge < -0.3 is 16.0 Å². The zero-order chi connectivity index (χ0) is 15.5. The monoisotopic (exact) mass is 336 g/mol. The van der Waals surface area contributed by atoms with Gasteiger partial charge in [-0.05, 0) is 24.6 Å². The van der Waals surface area contributed by atoms with Crippen molar-refractivity contribution in [1.82, 2.24) is 10.3 Å². The first-order valence-electron chi connectivity index (χ1n) is 7.11. The molecule has 1 fully saturated rings. The predicted octanol–water partition coefficient (Wildman–Crippen LogP) is 2.26. The number of rotatable bonds is 4. The SMILES string of the molecule is NCc1nc(C(=O)N[C@H]2CCN(c3cccc(Cl)c3)C2)cs1. The molecule has 0 unspecified atom stereocenters. The van der Waals surface area contributed by atoms with Gasteiger partial charge in [-0.15, -0.1) is 11.3 Å². The minimum atomic E-state index is -0.131. The molecule has 1 aliphatic rings. The minimum Gasteiger partial charge on any atom is -0.369 e. The van der Waals surface area contributed by atoms with Crippen molar-refractivity contribution in [3.63, 3.8) is 0 Å². The van der Waals surface area contributed by atoms with Gasteiger partial charge in [0.25, 0.3) is 5.91 Å². The van der Waals surface area contributed by atoms with Crippen molar-refractivity contribution in [3.05, 3.63) is 45.4 Å². The van der Waals surface area contributed by atoms with Crippen molar-refractivity contribution in [2.45, 2.75) is 19.0 Å². The standard InChI is InChI=1S/C15H17ClN4OS/c16-10-2-1-3-12(6-10)20-5-4-11(8-20)18-15(21)13-9-22-14(7-17)19-13/h1-3,6,9,11H,4-5,7-8,17H2,(H,18,21)/t11-/m0/s1. The smallest absolute Gasteiger partial charge is 0.271 e. The molecule has 116 valence electrons. The van der Waals surface area contributed by atoms with E-state index in [1.807, 2.05) is 24.3 Å². The van der Waals surface area contributed by atoms with Gasteiger partial charge in [-0.2, -0.15) is 0 Å². The number of hydrogen-bond acceptors (Lipinski definition) is 5. The zero-order valence-corrected chi connectivity index (χ0v) is 13.5. The fourth-order valence-electron chi connectivity index (χ4n) is 2.55. The number of halogens is 1. The molecule has 2 aromatic rings.